The van der Waals surface area contributed by atoms with Crippen molar-refractivity contribution in [2.24, 2.45) is 0 Å². The number of para-hydroxylation sites is 1. The lowest BCUT2D eigenvalue weighted by Gasteiger charge is -2.29. The van der Waals surface area contributed by atoms with Gasteiger partial charge < -0.3 is 4.90 Å². The fourth-order valence-corrected chi connectivity index (χ4v) is 5.79. The number of hydrogen-bond donors (Lipinski definition) is 0. The zero-order valence-corrected chi connectivity index (χ0v) is 19.7. The van der Waals surface area contributed by atoms with Gasteiger partial charge in [-0.15, -0.1) is 0 Å². The van der Waals surface area contributed by atoms with E-state index in [9.17, 15) is 13.2 Å². The van der Waals surface area contributed by atoms with Gasteiger partial charge in [0.05, 0.1) is 10.6 Å². The zero-order valence-electron chi connectivity index (χ0n) is 18.9. The van der Waals surface area contributed by atoms with Gasteiger partial charge in [0.2, 0.25) is 5.91 Å². The number of amides is 1. The topological polar surface area (TPSA) is 57.7 Å². The highest BCUT2D eigenvalue weighted by molar-refractivity contribution is 7.92. The van der Waals surface area contributed by atoms with Gasteiger partial charge in [0.25, 0.3) is 10.0 Å². The number of carbonyl (C=O) groups excluding carboxylic acids is 1. The molecule has 1 atom stereocenters. The molecule has 0 aromatic heterocycles. The van der Waals surface area contributed by atoms with Crippen LogP contribution in [0, 0.1) is 20.8 Å². The van der Waals surface area contributed by atoms with E-state index in [1.807, 2.05) is 70.2 Å². The minimum absolute atomic E-state index is 0.0249. The third-order valence-corrected chi connectivity index (χ3v) is 7.65. The molecule has 0 fully saturated rings. The predicted molar refractivity (Wildman–Crippen MR) is 129 cm³/mol. The molecule has 1 amide bonds. The number of anilines is 2. The van der Waals surface area contributed by atoms with E-state index in [0.717, 1.165) is 34.4 Å². The molecule has 4 rings (SSSR count). The van der Waals surface area contributed by atoms with Crippen molar-refractivity contribution in [3.63, 3.8) is 0 Å². The van der Waals surface area contributed by atoms with Gasteiger partial charge in [0.1, 0.15) is 6.54 Å². The van der Waals surface area contributed by atoms with Crippen molar-refractivity contribution in [3.05, 3.63) is 89.0 Å². The van der Waals surface area contributed by atoms with Crippen molar-refractivity contribution in [3.8, 4) is 0 Å². The van der Waals surface area contributed by atoms with Crippen LogP contribution >= 0.6 is 0 Å². The van der Waals surface area contributed by atoms with Gasteiger partial charge in [-0.05, 0) is 81.1 Å². The summed E-state index contributed by atoms with van der Waals surface area (Å²) in [4.78, 5) is 15.4. The molecule has 3 aromatic rings. The number of carbonyl (C=O) groups is 1. The second-order valence-electron chi connectivity index (χ2n) is 8.62. The lowest BCUT2D eigenvalue weighted by molar-refractivity contribution is -0.117. The van der Waals surface area contributed by atoms with E-state index in [1.165, 1.54) is 4.31 Å². The van der Waals surface area contributed by atoms with Crippen LogP contribution in [0.15, 0.2) is 71.6 Å². The van der Waals surface area contributed by atoms with Crippen LogP contribution in [0.1, 0.15) is 29.2 Å². The average Bonchev–Trinajstić information content (AvgIpc) is 3.07. The highest BCUT2D eigenvalue weighted by Crippen LogP contribution is 2.33. The molecule has 1 aliphatic heterocycles. The summed E-state index contributed by atoms with van der Waals surface area (Å²) in [5, 5.41) is 0. The second kappa shape index (κ2) is 8.43. The SMILES string of the molecule is Cc1ccc(S(=O)(=O)N(CC(=O)N2c3ccccc3CC2C)c2cc(C)cc(C)c2)cc1. The quantitative estimate of drug-likeness (QED) is 0.564. The Balaban J connectivity index is 1.76. The minimum atomic E-state index is -3.94. The lowest BCUT2D eigenvalue weighted by atomic mass is 10.1. The van der Waals surface area contributed by atoms with E-state index in [2.05, 4.69) is 0 Å². The highest BCUT2D eigenvalue weighted by atomic mass is 32.2. The van der Waals surface area contributed by atoms with Gasteiger partial charge in [0, 0.05) is 11.7 Å². The van der Waals surface area contributed by atoms with Crippen LogP contribution in [0.25, 0.3) is 0 Å². The summed E-state index contributed by atoms with van der Waals surface area (Å²) in [5.41, 5.74) is 5.32. The van der Waals surface area contributed by atoms with Gasteiger partial charge in [-0.2, -0.15) is 0 Å². The van der Waals surface area contributed by atoms with Crippen LogP contribution < -0.4 is 9.21 Å². The number of benzene rings is 3. The first kappa shape index (κ1) is 22.1. The van der Waals surface area contributed by atoms with E-state index in [4.69, 9.17) is 0 Å². The van der Waals surface area contributed by atoms with E-state index in [1.54, 1.807) is 29.2 Å². The summed E-state index contributed by atoms with van der Waals surface area (Å²) < 4.78 is 28.6. The summed E-state index contributed by atoms with van der Waals surface area (Å²) >= 11 is 0. The summed E-state index contributed by atoms with van der Waals surface area (Å²) in [6, 6.07) is 20.1. The van der Waals surface area contributed by atoms with Crippen LogP contribution in [-0.2, 0) is 21.2 Å². The third kappa shape index (κ3) is 4.15. The lowest BCUT2D eigenvalue weighted by Crippen LogP contribution is -2.45. The molecule has 0 spiro atoms. The maximum atomic E-state index is 13.7. The Hall–Kier alpha value is -3.12. The predicted octanol–water partition coefficient (Wildman–Crippen LogP) is 4.78. The molecule has 0 radical (unpaired) electrons. The fourth-order valence-electron chi connectivity index (χ4n) is 4.39. The smallest absolute Gasteiger partial charge is 0.264 e. The summed E-state index contributed by atoms with van der Waals surface area (Å²) in [5.74, 6) is -0.239. The molecule has 1 heterocycles. The van der Waals surface area contributed by atoms with E-state index < -0.39 is 10.0 Å². The molecule has 0 saturated heterocycles. The van der Waals surface area contributed by atoms with Gasteiger partial charge in [-0.25, -0.2) is 8.42 Å². The molecule has 166 valence electrons. The van der Waals surface area contributed by atoms with Gasteiger partial charge in [0.15, 0.2) is 0 Å². The molecule has 1 aliphatic rings. The Labute approximate surface area is 190 Å². The average molecular weight is 449 g/mol. The first-order valence-corrected chi connectivity index (χ1v) is 12.2. The molecule has 1 unspecified atom stereocenters. The summed E-state index contributed by atoms with van der Waals surface area (Å²) in [6.07, 6.45) is 0.760. The minimum Gasteiger partial charge on any atom is -0.307 e. The Morgan fingerprint density at radius 1 is 0.938 bits per heavy atom. The van der Waals surface area contributed by atoms with E-state index in [-0.39, 0.29) is 23.4 Å². The maximum Gasteiger partial charge on any atom is 0.264 e. The molecule has 0 aliphatic carbocycles. The van der Waals surface area contributed by atoms with Crippen LogP contribution in [0.2, 0.25) is 0 Å². The number of nitrogens with zero attached hydrogens (tertiary/aromatic N) is 2. The Morgan fingerprint density at radius 3 is 2.22 bits per heavy atom. The molecule has 6 heteroatoms. The van der Waals surface area contributed by atoms with Gasteiger partial charge >= 0.3 is 0 Å². The summed E-state index contributed by atoms with van der Waals surface area (Å²) in [7, 11) is -3.94. The normalized spacial score (nSPS) is 15.5. The van der Waals surface area contributed by atoms with E-state index in [0.29, 0.717) is 5.69 Å². The van der Waals surface area contributed by atoms with Crippen LogP contribution in [0.4, 0.5) is 11.4 Å². The monoisotopic (exact) mass is 448 g/mol. The largest absolute Gasteiger partial charge is 0.307 e. The molecule has 0 bridgehead atoms. The first-order valence-electron chi connectivity index (χ1n) is 10.7. The van der Waals surface area contributed by atoms with Gasteiger partial charge in [-0.3, -0.25) is 9.10 Å². The zero-order chi connectivity index (χ0) is 23.0. The van der Waals surface area contributed by atoms with Crippen LogP contribution in [0.3, 0.4) is 0 Å². The molecule has 0 N–H and O–H groups in total. The maximum absolute atomic E-state index is 13.7. The van der Waals surface area contributed by atoms with Crippen LogP contribution in [0.5, 0.6) is 0 Å². The second-order valence-corrected chi connectivity index (χ2v) is 10.5. The number of aryl methyl sites for hydroxylation is 3. The molecular formula is C26H28N2O3S. The Morgan fingerprint density at radius 2 is 1.56 bits per heavy atom. The highest BCUT2D eigenvalue weighted by Gasteiger charge is 2.34. The van der Waals surface area contributed by atoms with Crippen molar-refractivity contribution in [2.45, 2.75) is 45.1 Å². The third-order valence-electron chi connectivity index (χ3n) is 5.86. The number of fused-ring (bicyclic) bond motifs is 1. The number of sulfonamides is 1. The number of rotatable bonds is 5. The standard InChI is InChI=1S/C26H28N2O3S/c1-18-9-11-24(12-10-18)32(30,31)27(23-14-19(2)13-20(3)15-23)17-26(29)28-21(4)16-22-7-5-6-8-25(22)28/h5-15,21H,16-17H2,1-4H3. The Bertz CT molecular complexity index is 1250. The molecular weight excluding hydrogens is 420 g/mol. The summed E-state index contributed by atoms with van der Waals surface area (Å²) in [6.45, 7) is 7.49. The molecule has 3 aromatic carbocycles. The van der Waals surface area contributed by atoms with E-state index >= 15 is 0 Å². The van der Waals surface area contributed by atoms with Crippen molar-refractivity contribution in [2.75, 3.05) is 15.7 Å². The van der Waals surface area contributed by atoms with Crippen molar-refractivity contribution in [1.29, 1.82) is 0 Å². The fraction of sp³-hybridized carbons (Fsp3) is 0.269. The molecule has 32 heavy (non-hydrogen) atoms. The number of hydrogen-bond acceptors (Lipinski definition) is 3. The van der Waals surface area contributed by atoms with Crippen molar-refractivity contribution in [1.82, 2.24) is 0 Å². The molecule has 0 saturated carbocycles. The Kier molecular flexibility index (Phi) is 5.82. The van der Waals surface area contributed by atoms with Crippen molar-refractivity contribution < 1.29 is 13.2 Å². The van der Waals surface area contributed by atoms with Gasteiger partial charge in [-0.1, -0.05) is 42.0 Å². The molecule has 5 nitrogen and oxygen atoms in total. The van der Waals surface area contributed by atoms with Crippen molar-refractivity contribution >= 4 is 27.3 Å². The van der Waals surface area contributed by atoms with Crippen LogP contribution in [-0.4, -0.2) is 26.9 Å². The first-order chi connectivity index (χ1) is 15.2.